The Morgan fingerprint density at radius 2 is 2.36 bits per heavy atom. The molecule has 1 aliphatic carbocycles. The molecule has 14 heavy (non-hydrogen) atoms. The van der Waals surface area contributed by atoms with Gasteiger partial charge in [-0.15, -0.1) is 0 Å². The second-order valence-electron chi connectivity index (χ2n) is 4.33. The van der Waals surface area contributed by atoms with Crippen molar-refractivity contribution in [3.8, 4) is 5.75 Å². The number of aromatic hydroxyl groups is 1. The van der Waals surface area contributed by atoms with Crippen LogP contribution in [0.1, 0.15) is 37.7 Å². The fraction of sp³-hybridized carbons (Fsp3) is 0.500. The van der Waals surface area contributed by atoms with Crippen molar-refractivity contribution in [1.29, 1.82) is 0 Å². The van der Waals surface area contributed by atoms with Gasteiger partial charge in [-0.05, 0) is 30.5 Å². The molecule has 1 aromatic carbocycles. The number of rotatable bonds is 3. The number of hydrogen-bond donors (Lipinski definition) is 2. The highest BCUT2D eigenvalue weighted by Crippen LogP contribution is 2.52. The summed E-state index contributed by atoms with van der Waals surface area (Å²) in [6, 6.07) is 7.46. The Hall–Kier alpha value is -1.02. The van der Waals surface area contributed by atoms with Gasteiger partial charge in [-0.25, -0.2) is 0 Å². The van der Waals surface area contributed by atoms with E-state index in [1.807, 2.05) is 12.1 Å². The van der Waals surface area contributed by atoms with Gasteiger partial charge in [-0.2, -0.15) is 0 Å². The van der Waals surface area contributed by atoms with Crippen molar-refractivity contribution in [2.45, 2.75) is 37.6 Å². The molecule has 2 nitrogen and oxygen atoms in total. The molecule has 0 aliphatic heterocycles. The topological polar surface area (TPSA) is 46.2 Å². The van der Waals surface area contributed by atoms with Crippen molar-refractivity contribution < 1.29 is 5.11 Å². The number of phenols is 1. The summed E-state index contributed by atoms with van der Waals surface area (Å²) in [5, 5.41) is 9.35. The quantitative estimate of drug-likeness (QED) is 0.770. The molecule has 76 valence electrons. The first-order valence-electron chi connectivity index (χ1n) is 5.23. The minimum Gasteiger partial charge on any atom is -0.508 e. The standard InChI is InChI=1S/C12H17NO/c1-2-6-12(13)8-11(12)9-4-3-5-10(14)7-9/h3-5,7,11,14H,2,6,8,13H2,1H3. The van der Waals surface area contributed by atoms with Gasteiger partial charge in [0.25, 0.3) is 0 Å². The summed E-state index contributed by atoms with van der Waals surface area (Å²) in [5.41, 5.74) is 7.39. The maximum absolute atomic E-state index is 9.35. The predicted octanol–water partition coefficient (Wildman–Crippen LogP) is 2.38. The van der Waals surface area contributed by atoms with Gasteiger partial charge >= 0.3 is 0 Å². The Morgan fingerprint density at radius 3 is 3.00 bits per heavy atom. The minimum atomic E-state index is 0.00252. The fourth-order valence-electron chi connectivity index (χ4n) is 2.25. The van der Waals surface area contributed by atoms with E-state index in [4.69, 9.17) is 5.73 Å². The zero-order valence-electron chi connectivity index (χ0n) is 8.53. The highest BCUT2D eigenvalue weighted by atomic mass is 16.3. The molecule has 3 N–H and O–H groups in total. The molecule has 0 radical (unpaired) electrons. The number of phenolic OH excluding ortho intramolecular Hbond substituents is 1. The summed E-state index contributed by atoms with van der Waals surface area (Å²) in [4.78, 5) is 0. The summed E-state index contributed by atoms with van der Waals surface area (Å²) in [7, 11) is 0. The summed E-state index contributed by atoms with van der Waals surface area (Å²) in [5.74, 6) is 0.794. The van der Waals surface area contributed by atoms with Crippen molar-refractivity contribution >= 4 is 0 Å². The summed E-state index contributed by atoms with van der Waals surface area (Å²) < 4.78 is 0. The average molecular weight is 191 g/mol. The third kappa shape index (κ3) is 1.62. The maximum atomic E-state index is 9.35. The van der Waals surface area contributed by atoms with Crippen molar-refractivity contribution in [3.05, 3.63) is 29.8 Å². The van der Waals surface area contributed by atoms with Crippen LogP contribution in [0.2, 0.25) is 0 Å². The van der Waals surface area contributed by atoms with Crippen LogP contribution in [0.4, 0.5) is 0 Å². The van der Waals surface area contributed by atoms with Crippen LogP contribution in [0.15, 0.2) is 24.3 Å². The second-order valence-corrected chi connectivity index (χ2v) is 4.33. The van der Waals surface area contributed by atoms with Gasteiger partial charge in [-0.3, -0.25) is 0 Å². The van der Waals surface area contributed by atoms with Gasteiger partial charge in [0.2, 0.25) is 0 Å². The van der Waals surface area contributed by atoms with Gasteiger partial charge in [0.05, 0.1) is 0 Å². The first kappa shape index (κ1) is 9.53. The van der Waals surface area contributed by atoms with E-state index in [2.05, 4.69) is 13.0 Å². The molecule has 0 amide bonds. The Bertz CT molecular complexity index is 337. The lowest BCUT2D eigenvalue weighted by Gasteiger charge is -2.09. The average Bonchev–Trinajstić information content (AvgIpc) is 2.78. The highest BCUT2D eigenvalue weighted by molar-refractivity contribution is 5.37. The summed E-state index contributed by atoms with van der Waals surface area (Å²) in [6.45, 7) is 2.16. The third-order valence-corrected chi connectivity index (χ3v) is 3.11. The van der Waals surface area contributed by atoms with Crippen LogP contribution in [-0.2, 0) is 0 Å². The molecule has 2 unspecified atom stereocenters. The Labute approximate surface area is 84.7 Å². The fourth-order valence-corrected chi connectivity index (χ4v) is 2.25. The van der Waals surface area contributed by atoms with Crippen LogP contribution >= 0.6 is 0 Å². The van der Waals surface area contributed by atoms with Crippen molar-refractivity contribution in [3.63, 3.8) is 0 Å². The van der Waals surface area contributed by atoms with Crippen LogP contribution in [0.3, 0.4) is 0 Å². The van der Waals surface area contributed by atoms with Crippen LogP contribution < -0.4 is 5.73 Å². The molecule has 0 saturated heterocycles. The van der Waals surface area contributed by atoms with E-state index in [1.165, 1.54) is 5.56 Å². The molecular formula is C12H17NO. The normalized spacial score (nSPS) is 30.3. The van der Waals surface area contributed by atoms with E-state index in [0.29, 0.717) is 11.7 Å². The van der Waals surface area contributed by atoms with Crippen molar-refractivity contribution in [2.75, 3.05) is 0 Å². The third-order valence-electron chi connectivity index (χ3n) is 3.11. The minimum absolute atomic E-state index is 0.00252. The number of nitrogens with two attached hydrogens (primary N) is 1. The maximum Gasteiger partial charge on any atom is 0.115 e. The van der Waals surface area contributed by atoms with Crippen LogP contribution in [0.25, 0.3) is 0 Å². The molecule has 0 aromatic heterocycles. The molecule has 2 atom stereocenters. The molecule has 0 heterocycles. The molecular weight excluding hydrogens is 174 g/mol. The SMILES string of the molecule is CCCC1(N)CC1c1cccc(O)c1. The molecule has 1 aliphatic rings. The molecule has 1 aromatic rings. The van der Waals surface area contributed by atoms with Crippen LogP contribution in [0, 0.1) is 0 Å². The lowest BCUT2D eigenvalue weighted by atomic mass is 10.0. The Balaban J connectivity index is 2.12. The van der Waals surface area contributed by atoms with Gasteiger partial charge < -0.3 is 10.8 Å². The van der Waals surface area contributed by atoms with Crippen LogP contribution in [0.5, 0.6) is 5.75 Å². The predicted molar refractivity (Wildman–Crippen MR) is 57.3 cm³/mol. The Morgan fingerprint density at radius 1 is 1.57 bits per heavy atom. The van der Waals surface area contributed by atoms with E-state index in [9.17, 15) is 5.11 Å². The first-order chi connectivity index (χ1) is 6.65. The summed E-state index contributed by atoms with van der Waals surface area (Å²) >= 11 is 0. The van der Waals surface area contributed by atoms with E-state index < -0.39 is 0 Å². The lowest BCUT2D eigenvalue weighted by molar-refractivity contribution is 0.474. The lowest BCUT2D eigenvalue weighted by Crippen LogP contribution is -2.23. The molecule has 0 bridgehead atoms. The molecule has 0 spiro atoms. The zero-order chi connectivity index (χ0) is 10.2. The van der Waals surface area contributed by atoms with Gasteiger partial charge in [-0.1, -0.05) is 25.5 Å². The molecule has 1 fully saturated rings. The van der Waals surface area contributed by atoms with Gasteiger partial charge in [0.1, 0.15) is 5.75 Å². The molecule has 2 heteroatoms. The first-order valence-corrected chi connectivity index (χ1v) is 5.23. The van der Waals surface area contributed by atoms with Crippen LogP contribution in [-0.4, -0.2) is 10.6 Å². The molecule has 2 rings (SSSR count). The Kier molecular flexibility index (Phi) is 2.23. The van der Waals surface area contributed by atoms with E-state index in [1.54, 1.807) is 6.07 Å². The van der Waals surface area contributed by atoms with E-state index >= 15 is 0 Å². The van der Waals surface area contributed by atoms with Gasteiger partial charge in [0, 0.05) is 11.5 Å². The zero-order valence-corrected chi connectivity index (χ0v) is 8.53. The summed E-state index contributed by atoms with van der Waals surface area (Å²) in [6.07, 6.45) is 3.27. The van der Waals surface area contributed by atoms with Crippen molar-refractivity contribution in [1.82, 2.24) is 0 Å². The second kappa shape index (κ2) is 3.28. The smallest absolute Gasteiger partial charge is 0.115 e. The van der Waals surface area contributed by atoms with Gasteiger partial charge in [0.15, 0.2) is 0 Å². The highest BCUT2D eigenvalue weighted by Gasteiger charge is 2.50. The number of benzene rings is 1. The van der Waals surface area contributed by atoms with Crippen molar-refractivity contribution in [2.24, 2.45) is 5.73 Å². The molecule has 1 saturated carbocycles. The van der Waals surface area contributed by atoms with E-state index in [0.717, 1.165) is 19.3 Å². The largest absolute Gasteiger partial charge is 0.508 e. The monoisotopic (exact) mass is 191 g/mol. The number of hydrogen-bond acceptors (Lipinski definition) is 2. The van der Waals surface area contributed by atoms with E-state index in [-0.39, 0.29) is 5.54 Å².